The minimum absolute atomic E-state index is 0.871. The van der Waals surface area contributed by atoms with Gasteiger partial charge >= 0.3 is 0 Å². The van der Waals surface area contributed by atoms with Crippen molar-refractivity contribution in [2.24, 2.45) is 0 Å². The molecule has 4 aromatic rings. The molecule has 0 amide bonds. The lowest BCUT2D eigenvalue weighted by molar-refractivity contribution is 1.03. The van der Waals surface area contributed by atoms with E-state index in [2.05, 4.69) is 69.4 Å². The summed E-state index contributed by atoms with van der Waals surface area (Å²) in [5, 5.41) is 8.91. The molecule has 120 valence electrons. The molecule has 4 rings (SSSR count). The van der Waals surface area contributed by atoms with E-state index in [0.29, 0.717) is 0 Å². The van der Waals surface area contributed by atoms with E-state index < -0.39 is 0 Å². The summed E-state index contributed by atoms with van der Waals surface area (Å²) in [4.78, 5) is 11.3. The lowest BCUT2D eigenvalue weighted by atomic mass is 10.0. The van der Waals surface area contributed by atoms with Gasteiger partial charge in [0, 0.05) is 22.4 Å². The van der Waals surface area contributed by atoms with E-state index in [4.69, 9.17) is 0 Å². The summed E-state index contributed by atoms with van der Waals surface area (Å²) in [5.74, 6) is 0.924. The van der Waals surface area contributed by atoms with Crippen LogP contribution in [0.2, 0.25) is 0 Å². The topological polar surface area (TPSA) is 37.8 Å². The van der Waals surface area contributed by atoms with Crippen molar-refractivity contribution in [3.63, 3.8) is 0 Å². The summed E-state index contributed by atoms with van der Waals surface area (Å²) in [6, 6.07) is 12.9. The predicted octanol–water partition coefficient (Wildman–Crippen LogP) is 5.38. The third kappa shape index (κ3) is 3.05. The fourth-order valence-corrected chi connectivity index (χ4v) is 4.34. The molecule has 0 aliphatic rings. The average Bonchev–Trinajstić information content (AvgIpc) is 3.25. The van der Waals surface area contributed by atoms with Gasteiger partial charge in [-0.05, 0) is 30.4 Å². The molecule has 0 bridgehead atoms. The Morgan fingerprint density at radius 3 is 2.71 bits per heavy atom. The number of benzene rings is 1. The minimum Gasteiger partial charge on any atom is -0.369 e. The molecule has 1 aromatic carbocycles. The van der Waals surface area contributed by atoms with E-state index in [1.807, 2.05) is 0 Å². The molecule has 3 aromatic heterocycles. The Labute approximate surface area is 149 Å². The molecule has 0 spiro atoms. The molecular formula is C19H17N3S2. The third-order valence-electron chi connectivity index (χ3n) is 3.98. The fraction of sp³-hybridized carbons (Fsp3) is 0.158. The highest BCUT2D eigenvalue weighted by atomic mass is 32.1. The Morgan fingerprint density at radius 1 is 1.04 bits per heavy atom. The highest BCUT2D eigenvalue weighted by molar-refractivity contribution is 7.17. The van der Waals surface area contributed by atoms with Crippen LogP contribution in [-0.2, 0) is 6.42 Å². The largest absolute Gasteiger partial charge is 0.369 e. The SMILES string of the molecule is Cc1ccc(-c2csc3ncnc(NCCc4cccs4)c23)cc1. The van der Waals surface area contributed by atoms with Gasteiger partial charge in [0.15, 0.2) is 0 Å². The number of anilines is 1. The number of nitrogens with zero attached hydrogens (tertiary/aromatic N) is 2. The van der Waals surface area contributed by atoms with E-state index in [9.17, 15) is 0 Å². The highest BCUT2D eigenvalue weighted by Crippen LogP contribution is 2.36. The number of nitrogens with one attached hydrogen (secondary N) is 1. The molecule has 3 heterocycles. The Morgan fingerprint density at radius 2 is 1.92 bits per heavy atom. The quantitative estimate of drug-likeness (QED) is 0.524. The summed E-state index contributed by atoms with van der Waals surface area (Å²) >= 11 is 3.46. The van der Waals surface area contributed by atoms with Crippen LogP contribution in [0.15, 0.2) is 53.5 Å². The zero-order chi connectivity index (χ0) is 16.4. The summed E-state index contributed by atoms with van der Waals surface area (Å²) < 4.78 is 0. The maximum Gasteiger partial charge on any atom is 0.138 e. The average molecular weight is 352 g/mol. The zero-order valence-corrected chi connectivity index (χ0v) is 15.0. The highest BCUT2D eigenvalue weighted by Gasteiger charge is 2.12. The summed E-state index contributed by atoms with van der Waals surface area (Å²) in [6.45, 7) is 2.98. The molecule has 3 nitrogen and oxygen atoms in total. The monoisotopic (exact) mass is 351 g/mol. The van der Waals surface area contributed by atoms with Crippen LogP contribution in [0.1, 0.15) is 10.4 Å². The van der Waals surface area contributed by atoms with Crippen molar-refractivity contribution < 1.29 is 0 Å². The maximum absolute atomic E-state index is 4.49. The van der Waals surface area contributed by atoms with E-state index in [0.717, 1.165) is 29.0 Å². The lowest BCUT2D eigenvalue weighted by Gasteiger charge is -2.08. The zero-order valence-electron chi connectivity index (χ0n) is 13.3. The summed E-state index contributed by atoms with van der Waals surface area (Å²) in [6.07, 6.45) is 2.65. The first-order valence-corrected chi connectivity index (χ1v) is 9.63. The van der Waals surface area contributed by atoms with Gasteiger partial charge in [-0.3, -0.25) is 0 Å². The molecule has 0 unspecified atom stereocenters. The van der Waals surface area contributed by atoms with Crippen molar-refractivity contribution in [1.29, 1.82) is 0 Å². The summed E-state index contributed by atoms with van der Waals surface area (Å²) in [5.41, 5.74) is 3.68. The minimum atomic E-state index is 0.871. The number of aryl methyl sites for hydroxylation is 1. The molecule has 0 fully saturated rings. The van der Waals surface area contributed by atoms with Gasteiger partial charge in [-0.1, -0.05) is 35.9 Å². The van der Waals surface area contributed by atoms with E-state index >= 15 is 0 Å². The first-order valence-electron chi connectivity index (χ1n) is 7.87. The number of hydrogen-bond acceptors (Lipinski definition) is 5. The Hall–Kier alpha value is -2.24. The second-order valence-corrected chi connectivity index (χ2v) is 7.56. The fourth-order valence-electron chi connectivity index (χ4n) is 2.71. The Kier molecular flexibility index (Phi) is 4.28. The third-order valence-corrected chi connectivity index (χ3v) is 5.80. The predicted molar refractivity (Wildman–Crippen MR) is 104 cm³/mol. The number of rotatable bonds is 5. The van der Waals surface area contributed by atoms with Crippen LogP contribution in [0.5, 0.6) is 0 Å². The van der Waals surface area contributed by atoms with Crippen molar-refractivity contribution in [3.05, 3.63) is 63.9 Å². The Bertz CT molecular complexity index is 941. The van der Waals surface area contributed by atoms with Crippen molar-refractivity contribution in [3.8, 4) is 11.1 Å². The molecule has 0 aliphatic carbocycles. The molecule has 0 atom stereocenters. The van der Waals surface area contributed by atoms with E-state index in [-0.39, 0.29) is 0 Å². The molecule has 0 saturated heterocycles. The normalized spacial score (nSPS) is 11.0. The smallest absolute Gasteiger partial charge is 0.138 e. The van der Waals surface area contributed by atoms with Gasteiger partial charge < -0.3 is 5.32 Å². The van der Waals surface area contributed by atoms with E-state index in [1.54, 1.807) is 29.0 Å². The molecule has 1 N–H and O–H groups in total. The Balaban J connectivity index is 1.65. The first-order chi connectivity index (χ1) is 11.8. The number of aromatic nitrogens is 2. The van der Waals surface area contributed by atoms with Gasteiger partial charge in [0.2, 0.25) is 0 Å². The van der Waals surface area contributed by atoms with Gasteiger partial charge in [-0.2, -0.15) is 0 Å². The van der Waals surface area contributed by atoms with Crippen LogP contribution in [0.25, 0.3) is 21.3 Å². The molecule has 5 heteroatoms. The van der Waals surface area contributed by atoms with Crippen molar-refractivity contribution in [2.45, 2.75) is 13.3 Å². The van der Waals surface area contributed by atoms with Gasteiger partial charge in [-0.15, -0.1) is 22.7 Å². The van der Waals surface area contributed by atoms with Crippen molar-refractivity contribution >= 4 is 38.7 Å². The second-order valence-electron chi connectivity index (χ2n) is 5.67. The van der Waals surface area contributed by atoms with Crippen LogP contribution in [0.3, 0.4) is 0 Å². The second kappa shape index (κ2) is 6.71. The lowest BCUT2D eigenvalue weighted by Crippen LogP contribution is -2.06. The van der Waals surface area contributed by atoms with Crippen molar-refractivity contribution in [2.75, 3.05) is 11.9 Å². The molecular weight excluding hydrogens is 334 g/mol. The molecule has 0 radical (unpaired) electrons. The van der Waals surface area contributed by atoms with Crippen molar-refractivity contribution in [1.82, 2.24) is 9.97 Å². The van der Waals surface area contributed by atoms with Crippen LogP contribution in [0, 0.1) is 6.92 Å². The standard InChI is InChI=1S/C19H17N3S2/c1-13-4-6-14(7-5-13)16-11-24-19-17(16)18(21-12-22-19)20-9-8-15-3-2-10-23-15/h2-7,10-12H,8-9H2,1H3,(H,20,21,22). The van der Waals surface area contributed by atoms with Gasteiger partial charge in [-0.25, -0.2) is 9.97 Å². The first kappa shape index (κ1) is 15.3. The number of hydrogen-bond donors (Lipinski definition) is 1. The van der Waals surface area contributed by atoms with E-state index in [1.165, 1.54) is 21.6 Å². The van der Waals surface area contributed by atoms with Crippen LogP contribution in [-0.4, -0.2) is 16.5 Å². The number of thiophene rings is 2. The number of fused-ring (bicyclic) bond motifs is 1. The van der Waals surface area contributed by atoms with Gasteiger partial charge in [0.05, 0.1) is 5.39 Å². The van der Waals surface area contributed by atoms with Crippen LogP contribution in [0.4, 0.5) is 5.82 Å². The molecule has 0 aliphatic heterocycles. The van der Waals surface area contributed by atoms with Gasteiger partial charge in [0.25, 0.3) is 0 Å². The van der Waals surface area contributed by atoms with Crippen LogP contribution < -0.4 is 5.32 Å². The maximum atomic E-state index is 4.49. The van der Waals surface area contributed by atoms with Crippen LogP contribution >= 0.6 is 22.7 Å². The molecule has 24 heavy (non-hydrogen) atoms. The van der Waals surface area contributed by atoms with Gasteiger partial charge in [0.1, 0.15) is 17.0 Å². The summed E-state index contributed by atoms with van der Waals surface area (Å²) in [7, 11) is 0. The molecule has 0 saturated carbocycles.